The molecule has 0 bridgehead atoms. The van der Waals surface area contributed by atoms with E-state index in [1.54, 1.807) is 24.3 Å². The molecule has 5 heteroatoms. The lowest BCUT2D eigenvalue weighted by Crippen LogP contribution is -2.29. The number of nitrogens with one attached hydrogen (secondary N) is 2. The number of hydrogen-bond donors (Lipinski definition) is 2. The molecule has 4 aromatic rings. The van der Waals surface area contributed by atoms with E-state index in [1.165, 1.54) is 18.2 Å². The number of para-hydroxylation sites is 1. The smallest absolute Gasteiger partial charge is 0.314 e. The Balaban J connectivity index is 1.56. The first-order valence-electron chi connectivity index (χ1n) is 9.73. The zero-order chi connectivity index (χ0) is 21.6. The first kappa shape index (κ1) is 20.0. The highest BCUT2D eigenvalue weighted by Crippen LogP contribution is 2.30. The molecule has 4 aromatic carbocycles. The molecule has 152 valence electrons. The maximum Gasteiger partial charge on any atom is 0.314 e. The molecular formula is C26H19FN2O2. The number of benzene rings is 4. The molecule has 2 N–H and O–H groups in total. The summed E-state index contributed by atoms with van der Waals surface area (Å²) < 4.78 is 13.8. The Morgan fingerprint density at radius 3 is 1.65 bits per heavy atom. The quantitative estimate of drug-likeness (QED) is 0.422. The lowest BCUT2D eigenvalue weighted by molar-refractivity contribution is -0.132. The number of carbonyl (C=O) groups is 2. The van der Waals surface area contributed by atoms with Crippen molar-refractivity contribution in [1.29, 1.82) is 0 Å². The van der Waals surface area contributed by atoms with Crippen LogP contribution in [0.4, 0.5) is 15.8 Å². The van der Waals surface area contributed by atoms with Crippen LogP contribution in [0.2, 0.25) is 0 Å². The molecule has 0 aliphatic carbocycles. The Hall–Kier alpha value is -4.25. The van der Waals surface area contributed by atoms with Crippen molar-refractivity contribution in [3.05, 3.63) is 109 Å². The zero-order valence-corrected chi connectivity index (χ0v) is 16.5. The molecule has 0 aliphatic rings. The Labute approximate surface area is 179 Å². The molecule has 0 unspecified atom stereocenters. The van der Waals surface area contributed by atoms with E-state index in [0.717, 1.165) is 16.7 Å². The van der Waals surface area contributed by atoms with Crippen LogP contribution in [0.5, 0.6) is 0 Å². The minimum absolute atomic E-state index is 0.351. The van der Waals surface area contributed by atoms with Crippen LogP contribution in [0.15, 0.2) is 103 Å². The van der Waals surface area contributed by atoms with Gasteiger partial charge in [-0.2, -0.15) is 0 Å². The monoisotopic (exact) mass is 410 g/mol. The molecule has 0 spiro atoms. The second kappa shape index (κ2) is 9.05. The van der Waals surface area contributed by atoms with Gasteiger partial charge in [-0.3, -0.25) is 9.59 Å². The van der Waals surface area contributed by atoms with E-state index in [1.807, 2.05) is 60.7 Å². The highest BCUT2D eigenvalue weighted by atomic mass is 19.1. The number of carbonyl (C=O) groups excluding carboxylic acids is 2. The topological polar surface area (TPSA) is 58.2 Å². The number of halogens is 1. The molecule has 0 aliphatic heterocycles. The molecule has 0 saturated carbocycles. The van der Waals surface area contributed by atoms with Crippen molar-refractivity contribution in [1.82, 2.24) is 0 Å². The van der Waals surface area contributed by atoms with Crippen molar-refractivity contribution in [2.24, 2.45) is 0 Å². The van der Waals surface area contributed by atoms with E-state index >= 15 is 0 Å². The summed E-state index contributed by atoms with van der Waals surface area (Å²) in [4.78, 5) is 25.2. The van der Waals surface area contributed by atoms with E-state index in [-0.39, 0.29) is 0 Å². The van der Waals surface area contributed by atoms with Gasteiger partial charge in [-0.1, -0.05) is 78.9 Å². The lowest BCUT2D eigenvalue weighted by atomic mass is 10.0. The molecule has 0 radical (unpaired) electrons. The average Bonchev–Trinajstić information content (AvgIpc) is 2.81. The van der Waals surface area contributed by atoms with Crippen LogP contribution in [0.3, 0.4) is 0 Å². The van der Waals surface area contributed by atoms with Gasteiger partial charge in [0.05, 0.1) is 0 Å². The van der Waals surface area contributed by atoms with Crippen molar-refractivity contribution in [2.75, 3.05) is 10.6 Å². The van der Waals surface area contributed by atoms with Gasteiger partial charge in [-0.05, 0) is 35.4 Å². The summed E-state index contributed by atoms with van der Waals surface area (Å²) in [5.41, 5.74) is 3.82. The van der Waals surface area contributed by atoms with Crippen LogP contribution in [0.25, 0.3) is 22.3 Å². The third-order valence-electron chi connectivity index (χ3n) is 4.78. The summed E-state index contributed by atoms with van der Waals surface area (Å²) in [6.07, 6.45) is 0. The van der Waals surface area contributed by atoms with Gasteiger partial charge >= 0.3 is 11.8 Å². The summed E-state index contributed by atoms with van der Waals surface area (Å²) in [5.74, 6) is -2.09. The molecule has 31 heavy (non-hydrogen) atoms. The summed E-state index contributed by atoms with van der Waals surface area (Å²) in [5, 5.41) is 5.27. The molecule has 4 rings (SSSR count). The average molecular weight is 410 g/mol. The second-order valence-electron chi connectivity index (χ2n) is 6.88. The fourth-order valence-electron chi connectivity index (χ4n) is 3.30. The molecule has 0 heterocycles. The summed E-state index contributed by atoms with van der Waals surface area (Å²) >= 11 is 0. The third kappa shape index (κ3) is 4.67. The number of rotatable bonds is 4. The van der Waals surface area contributed by atoms with E-state index in [2.05, 4.69) is 10.6 Å². The highest BCUT2D eigenvalue weighted by molar-refractivity contribution is 6.44. The molecule has 0 aromatic heterocycles. The molecule has 0 atom stereocenters. The van der Waals surface area contributed by atoms with Crippen LogP contribution in [-0.2, 0) is 9.59 Å². The van der Waals surface area contributed by atoms with Gasteiger partial charge in [0.2, 0.25) is 0 Å². The minimum atomic E-state index is -0.841. The SMILES string of the molecule is O=C(Nc1ccccc1-c1ccccc1)C(=O)Nc1ccc(F)cc1-c1ccccc1. The van der Waals surface area contributed by atoms with E-state index in [0.29, 0.717) is 16.9 Å². The Bertz CT molecular complexity index is 1220. The molecule has 0 fully saturated rings. The van der Waals surface area contributed by atoms with Gasteiger partial charge in [0.25, 0.3) is 0 Å². The summed E-state index contributed by atoms with van der Waals surface area (Å²) in [7, 11) is 0. The van der Waals surface area contributed by atoms with Crippen molar-refractivity contribution in [2.45, 2.75) is 0 Å². The minimum Gasteiger partial charge on any atom is -0.317 e. The van der Waals surface area contributed by atoms with Crippen molar-refractivity contribution >= 4 is 23.2 Å². The van der Waals surface area contributed by atoms with Crippen LogP contribution in [-0.4, -0.2) is 11.8 Å². The third-order valence-corrected chi connectivity index (χ3v) is 4.78. The van der Waals surface area contributed by atoms with E-state index < -0.39 is 17.6 Å². The van der Waals surface area contributed by atoms with E-state index in [4.69, 9.17) is 0 Å². The first-order chi connectivity index (χ1) is 15.1. The van der Waals surface area contributed by atoms with E-state index in [9.17, 15) is 14.0 Å². The van der Waals surface area contributed by atoms with Gasteiger partial charge in [-0.15, -0.1) is 0 Å². The van der Waals surface area contributed by atoms with Crippen molar-refractivity contribution in [3.63, 3.8) is 0 Å². The maximum atomic E-state index is 13.8. The van der Waals surface area contributed by atoms with Gasteiger partial charge in [-0.25, -0.2) is 4.39 Å². The molecule has 4 nitrogen and oxygen atoms in total. The normalized spacial score (nSPS) is 10.4. The Morgan fingerprint density at radius 1 is 0.548 bits per heavy atom. The van der Waals surface area contributed by atoms with Crippen LogP contribution >= 0.6 is 0 Å². The number of anilines is 2. The highest BCUT2D eigenvalue weighted by Gasteiger charge is 2.18. The van der Waals surface area contributed by atoms with Crippen molar-refractivity contribution < 1.29 is 14.0 Å². The second-order valence-corrected chi connectivity index (χ2v) is 6.88. The standard InChI is InChI=1S/C26H19FN2O2/c27-20-15-16-24(22(17-20)19-11-5-2-6-12-19)29-26(31)25(30)28-23-14-8-7-13-21(23)18-9-3-1-4-10-18/h1-17H,(H,28,30)(H,29,31). The predicted molar refractivity (Wildman–Crippen MR) is 121 cm³/mol. The number of hydrogen-bond acceptors (Lipinski definition) is 2. The fraction of sp³-hybridized carbons (Fsp3) is 0. The Kier molecular flexibility index (Phi) is 5.85. The lowest BCUT2D eigenvalue weighted by Gasteiger charge is -2.13. The van der Waals surface area contributed by atoms with Crippen LogP contribution in [0.1, 0.15) is 0 Å². The van der Waals surface area contributed by atoms with Gasteiger partial charge in [0.1, 0.15) is 5.82 Å². The molecular weight excluding hydrogens is 391 g/mol. The predicted octanol–water partition coefficient (Wildman–Crippen LogP) is 5.74. The zero-order valence-electron chi connectivity index (χ0n) is 16.5. The molecule has 0 saturated heterocycles. The molecule has 2 amide bonds. The van der Waals surface area contributed by atoms with Crippen LogP contribution < -0.4 is 10.6 Å². The van der Waals surface area contributed by atoms with Crippen LogP contribution in [0, 0.1) is 5.82 Å². The van der Waals surface area contributed by atoms with Gasteiger partial charge in [0.15, 0.2) is 0 Å². The summed E-state index contributed by atoms with van der Waals surface area (Å²) in [6.45, 7) is 0. The van der Waals surface area contributed by atoms with Crippen molar-refractivity contribution in [3.8, 4) is 22.3 Å². The van der Waals surface area contributed by atoms with Gasteiger partial charge < -0.3 is 10.6 Å². The summed E-state index contributed by atoms with van der Waals surface area (Å²) in [6, 6.07) is 29.9. The largest absolute Gasteiger partial charge is 0.317 e. The number of amides is 2. The van der Waals surface area contributed by atoms with Gasteiger partial charge in [0, 0.05) is 22.5 Å². The fourth-order valence-corrected chi connectivity index (χ4v) is 3.30. The Morgan fingerprint density at radius 2 is 1.03 bits per heavy atom. The maximum absolute atomic E-state index is 13.8. The first-order valence-corrected chi connectivity index (χ1v) is 9.73.